The van der Waals surface area contributed by atoms with Gasteiger partial charge in [0.2, 0.25) is 0 Å². The van der Waals surface area contributed by atoms with E-state index >= 15 is 0 Å². The van der Waals surface area contributed by atoms with Crippen LogP contribution in [0.15, 0.2) is 47.7 Å². The van der Waals surface area contributed by atoms with E-state index in [1.165, 1.54) is 0 Å². The number of nitrogens with one attached hydrogen (secondary N) is 2. The molecule has 0 atom stereocenters. The quantitative estimate of drug-likeness (QED) is 0.193. The number of aryl methyl sites for hydroxylation is 2. The SMILES string of the molecule is COc1ccc(CN=C(NCCCn2cccn2)NCc2nnc(C)n2C)cc1.I. The summed E-state index contributed by atoms with van der Waals surface area (Å²) >= 11 is 0. The molecule has 0 bridgehead atoms. The molecule has 1 aromatic carbocycles. The molecular formula is C20H29IN8O. The van der Waals surface area contributed by atoms with Gasteiger partial charge in [0.25, 0.3) is 0 Å². The lowest BCUT2D eigenvalue weighted by Gasteiger charge is -2.13. The number of nitrogens with zero attached hydrogens (tertiary/aromatic N) is 6. The predicted octanol–water partition coefficient (Wildman–Crippen LogP) is 2.27. The second-order valence-electron chi connectivity index (χ2n) is 6.64. The first-order valence-corrected chi connectivity index (χ1v) is 9.63. The van der Waals surface area contributed by atoms with E-state index in [1.54, 1.807) is 13.3 Å². The first-order chi connectivity index (χ1) is 14.2. The number of hydrogen-bond acceptors (Lipinski definition) is 5. The average molecular weight is 524 g/mol. The number of benzene rings is 1. The van der Waals surface area contributed by atoms with Crippen LogP contribution in [0.25, 0.3) is 0 Å². The Hall–Kier alpha value is -2.63. The fourth-order valence-electron chi connectivity index (χ4n) is 2.72. The minimum Gasteiger partial charge on any atom is -0.497 e. The maximum Gasteiger partial charge on any atom is 0.191 e. The van der Waals surface area contributed by atoms with Crippen LogP contribution in [-0.2, 0) is 26.7 Å². The van der Waals surface area contributed by atoms with Crippen LogP contribution in [-0.4, -0.2) is 44.2 Å². The standard InChI is InChI=1S/C20H28N8O.HI/c1-16-25-26-19(27(16)2)15-23-20(21-10-4-12-28-13-5-11-24-28)22-14-17-6-8-18(29-3)9-7-17;/h5-9,11,13H,4,10,12,14-15H2,1-3H3,(H2,21,22,23);1H. The molecule has 0 saturated heterocycles. The van der Waals surface area contributed by atoms with Crippen molar-refractivity contribution < 1.29 is 4.74 Å². The number of aromatic nitrogens is 5. The summed E-state index contributed by atoms with van der Waals surface area (Å²) in [4.78, 5) is 4.71. The van der Waals surface area contributed by atoms with Gasteiger partial charge in [0.15, 0.2) is 11.8 Å². The van der Waals surface area contributed by atoms with Crippen molar-refractivity contribution in [3.05, 3.63) is 59.9 Å². The largest absolute Gasteiger partial charge is 0.497 e. The Morgan fingerprint density at radius 2 is 1.97 bits per heavy atom. The van der Waals surface area contributed by atoms with Crippen LogP contribution < -0.4 is 15.4 Å². The molecule has 0 spiro atoms. The van der Waals surface area contributed by atoms with Gasteiger partial charge in [-0.15, -0.1) is 34.2 Å². The molecule has 0 aliphatic rings. The molecule has 0 fully saturated rings. The molecule has 30 heavy (non-hydrogen) atoms. The van der Waals surface area contributed by atoms with E-state index in [9.17, 15) is 0 Å². The van der Waals surface area contributed by atoms with Crippen molar-refractivity contribution in [2.75, 3.05) is 13.7 Å². The molecule has 0 aliphatic heterocycles. The first kappa shape index (κ1) is 23.6. The molecule has 2 aromatic heterocycles. The molecule has 2 heterocycles. The van der Waals surface area contributed by atoms with Gasteiger partial charge in [-0.05, 0) is 37.1 Å². The van der Waals surface area contributed by atoms with Crippen molar-refractivity contribution in [3.8, 4) is 5.75 Å². The molecule has 9 nitrogen and oxygen atoms in total. The summed E-state index contributed by atoms with van der Waals surface area (Å²) in [7, 11) is 3.62. The van der Waals surface area contributed by atoms with Gasteiger partial charge in [0, 0.05) is 32.5 Å². The van der Waals surface area contributed by atoms with Gasteiger partial charge in [0.1, 0.15) is 11.6 Å². The maximum atomic E-state index is 5.21. The third-order valence-electron chi connectivity index (χ3n) is 4.59. The highest BCUT2D eigenvalue weighted by Gasteiger charge is 2.06. The van der Waals surface area contributed by atoms with Crippen LogP contribution in [0.5, 0.6) is 5.75 Å². The van der Waals surface area contributed by atoms with E-state index in [0.29, 0.717) is 13.1 Å². The van der Waals surface area contributed by atoms with E-state index in [0.717, 1.165) is 48.4 Å². The third kappa shape index (κ3) is 7.01. The average Bonchev–Trinajstić information content (AvgIpc) is 3.38. The van der Waals surface area contributed by atoms with Crippen LogP contribution in [0, 0.1) is 6.92 Å². The maximum absolute atomic E-state index is 5.21. The van der Waals surface area contributed by atoms with E-state index in [2.05, 4.69) is 25.9 Å². The number of rotatable bonds is 9. The Bertz CT molecular complexity index is 906. The zero-order valence-corrected chi connectivity index (χ0v) is 19.9. The van der Waals surface area contributed by atoms with Gasteiger partial charge < -0.3 is 19.9 Å². The van der Waals surface area contributed by atoms with Crippen molar-refractivity contribution in [1.29, 1.82) is 0 Å². The lowest BCUT2D eigenvalue weighted by Crippen LogP contribution is -2.38. The second-order valence-corrected chi connectivity index (χ2v) is 6.64. The molecule has 2 N–H and O–H groups in total. The summed E-state index contributed by atoms with van der Waals surface area (Å²) in [6.07, 6.45) is 4.70. The third-order valence-corrected chi connectivity index (χ3v) is 4.59. The predicted molar refractivity (Wildman–Crippen MR) is 127 cm³/mol. The zero-order valence-electron chi connectivity index (χ0n) is 17.6. The molecule has 0 aliphatic carbocycles. The van der Waals surface area contributed by atoms with Gasteiger partial charge in [-0.1, -0.05) is 12.1 Å². The summed E-state index contributed by atoms with van der Waals surface area (Å²) in [5, 5.41) is 19.3. The fraction of sp³-hybridized carbons (Fsp3) is 0.400. The molecule has 10 heteroatoms. The molecule has 3 aromatic rings. The van der Waals surface area contributed by atoms with Gasteiger partial charge in [-0.25, -0.2) is 4.99 Å². The summed E-state index contributed by atoms with van der Waals surface area (Å²) in [6, 6.07) is 9.85. The van der Waals surface area contributed by atoms with Crippen molar-refractivity contribution in [2.24, 2.45) is 12.0 Å². The number of aliphatic imine (C=N–C) groups is 1. The van der Waals surface area contributed by atoms with Crippen LogP contribution in [0.4, 0.5) is 0 Å². The molecular weight excluding hydrogens is 495 g/mol. The summed E-state index contributed by atoms with van der Waals surface area (Å²) in [5.74, 6) is 3.32. The summed E-state index contributed by atoms with van der Waals surface area (Å²) in [6.45, 7) is 4.68. The highest BCUT2D eigenvalue weighted by atomic mass is 127. The van der Waals surface area contributed by atoms with Gasteiger partial charge in [0.05, 0.1) is 20.2 Å². The molecule has 162 valence electrons. The van der Waals surface area contributed by atoms with Crippen molar-refractivity contribution in [2.45, 2.75) is 33.0 Å². The highest BCUT2D eigenvalue weighted by molar-refractivity contribution is 14.0. The minimum atomic E-state index is 0. The van der Waals surface area contributed by atoms with Crippen LogP contribution in [0.3, 0.4) is 0 Å². The number of guanidine groups is 1. The normalized spacial score (nSPS) is 11.1. The van der Waals surface area contributed by atoms with E-state index in [4.69, 9.17) is 9.73 Å². The minimum absolute atomic E-state index is 0. The van der Waals surface area contributed by atoms with Gasteiger partial charge in [-0.3, -0.25) is 4.68 Å². The monoisotopic (exact) mass is 524 g/mol. The van der Waals surface area contributed by atoms with Crippen molar-refractivity contribution in [1.82, 2.24) is 35.2 Å². The van der Waals surface area contributed by atoms with Crippen LogP contribution >= 0.6 is 24.0 Å². The smallest absolute Gasteiger partial charge is 0.191 e. The van der Waals surface area contributed by atoms with E-state index in [-0.39, 0.29) is 24.0 Å². The Morgan fingerprint density at radius 3 is 2.60 bits per heavy atom. The lowest BCUT2D eigenvalue weighted by molar-refractivity contribution is 0.414. The Labute approximate surface area is 194 Å². The zero-order chi connectivity index (χ0) is 20.5. The molecule has 0 saturated carbocycles. The van der Waals surface area contributed by atoms with Crippen LogP contribution in [0.2, 0.25) is 0 Å². The summed E-state index contributed by atoms with van der Waals surface area (Å²) in [5.41, 5.74) is 1.11. The molecule has 0 radical (unpaired) electrons. The van der Waals surface area contributed by atoms with Crippen molar-refractivity contribution >= 4 is 29.9 Å². The Morgan fingerprint density at radius 1 is 1.17 bits per heavy atom. The van der Waals surface area contributed by atoms with Gasteiger partial charge >= 0.3 is 0 Å². The number of halogens is 1. The topological polar surface area (TPSA) is 94.2 Å². The molecule has 3 rings (SSSR count). The van der Waals surface area contributed by atoms with E-state index < -0.39 is 0 Å². The van der Waals surface area contributed by atoms with Crippen molar-refractivity contribution in [3.63, 3.8) is 0 Å². The lowest BCUT2D eigenvalue weighted by atomic mass is 10.2. The number of ether oxygens (including phenoxy) is 1. The highest BCUT2D eigenvalue weighted by Crippen LogP contribution is 2.11. The number of methoxy groups -OCH3 is 1. The molecule has 0 unspecified atom stereocenters. The fourth-order valence-corrected chi connectivity index (χ4v) is 2.72. The van der Waals surface area contributed by atoms with Crippen LogP contribution in [0.1, 0.15) is 23.6 Å². The van der Waals surface area contributed by atoms with E-state index in [1.807, 2.05) is 59.7 Å². The summed E-state index contributed by atoms with van der Waals surface area (Å²) < 4.78 is 9.10. The Balaban J connectivity index is 0.00000320. The second kappa shape index (κ2) is 12.2. The first-order valence-electron chi connectivity index (χ1n) is 9.63. The Kier molecular flexibility index (Phi) is 9.58. The van der Waals surface area contributed by atoms with Gasteiger partial charge in [-0.2, -0.15) is 5.10 Å². The molecule has 0 amide bonds. The number of hydrogen-bond donors (Lipinski definition) is 2.